The maximum absolute atomic E-state index is 12.0. The van der Waals surface area contributed by atoms with Crippen LogP contribution in [0.15, 0.2) is 30.3 Å². The average Bonchev–Trinajstić information content (AvgIpc) is 2.77. The number of carbonyl (C=O) groups excluding carboxylic acids is 1. The molecule has 0 saturated carbocycles. The third-order valence-electron chi connectivity index (χ3n) is 3.20. The lowest BCUT2D eigenvalue weighted by Crippen LogP contribution is -2.27. The number of amides is 1. The number of nitrogens with one attached hydrogen (secondary N) is 1. The van der Waals surface area contributed by atoms with E-state index in [9.17, 15) is 4.79 Å². The van der Waals surface area contributed by atoms with E-state index in [4.69, 9.17) is 5.73 Å². The van der Waals surface area contributed by atoms with Gasteiger partial charge in [0.2, 0.25) is 5.91 Å². The van der Waals surface area contributed by atoms with Crippen LogP contribution in [-0.4, -0.2) is 22.2 Å². The highest BCUT2D eigenvalue weighted by atomic mass is 16.1. The minimum atomic E-state index is -0.219. The molecule has 3 N–H and O–H groups in total. The van der Waals surface area contributed by atoms with Gasteiger partial charge in [0.05, 0.1) is 17.1 Å². The molecule has 0 radical (unpaired) electrons. The zero-order chi connectivity index (χ0) is 14.7. The van der Waals surface area contributed by atoms with E-state index in [0.29, 0.717) is 6.54 Å². The number of hydrogen-bond donors (Lipinski definition) is 2. The Hall–Kier alpha value is -2.14. The van der Waals surface area contributed by atoms with Crippen LogP contribution < -0.4 is 11.1 Å². The smallest absolute Gasteiger partial charge is 0.228 e. The first kappa shape index (κ1) is 14.3. The van der Waals surface area contributed by atoms with E-state index in [2.05, 4.69) is 10.4 Å². The molecular formula is C15H20N4O. The number of benzene rings is 1. The molecule has 1 aromatic heterocycles. The predicted molar refractivity (Wildman–Crippen MR) is 79.9 cm³/mol. The molecule has 1 atom stereocenters. The van der Waals surface area contributed by atoms with Gasteiger partial charge in [-0.05, 0) is 32.0 Å². The number of nitrogens with zero attached hydrogens (tertiary/aromatic N) is 2. The second-order valence-electron chi connectivity index (χ2n) is 4.98. The second-order valence-corrected chi connectivity index (χ2v) is 4.98. The van der Waals surface area contributed by atoms with Crippen molar-refractivity contribution >= 4 is 11.6 Å². The number of hydrogen-bond acceptors (Lipinski definition) is 3. The van der Waals surface area contributed by atoms with Crippen LogP contribution in [0.25, 0.3) is 5.69 Å². The maximum atomic E-state index is 12.0. The van der Waals surface area contributed by atoms with Gasteiger partial charge in [-0.2, -0.15) is 5.10 Å². The fraction of sp³-hybridized carbons (Fsp3) is 0.333. The van der Waals surface area contributed by atoms with Crippen molar-refractivity contribution < 1.29 is 4.79 Å². The van der Waals surface area contributed by atoms with Gasteiger partial charge in [0, 0.05) is 18.2 Å². The number of carbonyl (C=O) groups is 1. The first-order chi connectivity index (χ1) is 9.52. The Balaban J connectivity index is 2.36. The van der Waals surface area contributed by atoms with Gasteiger partial charge in [0.1, 0.15) is 0 Å². The van der Waals surface area contributed by atoms with Crippen LogP contribution in [0, 0.1) is 19.8 Å². The van der Waals surface area contributed by atoms with Crippen LogP contribution >= 0.6 is 0 Å². The second kappa shape index (κ2) is 5.88. The summed E-state index contributed by atoms with van der Waals surface area (Å²) in [6.07, 6.45) is 0. The molecule has 20 heavy (non-hydrogen) atoms. The zero-order valence-electron chi connectivity index (χ0n) is 12.1. The van der Waals surface area contributed by atoms with Gasteiger partial charge in [-0.15, -0.1) is 0 Å². The highest BCUT2D eigenvalue weighted by molar-refractivity contribution is 5.94. The van der Waals surface area contributed by atoms with E-state index in [1.165, 1.54) is 0 Å². The van der Waals surface area contributed by atoms with E-state index in [1.807, 2.05) is 48.9 Å². The van der Waals surface area contributed by atoms with Crippen molar-refractivity contribution in [2.75, 3.05) is 11.9 Å². The Morgan fingerprint density at radius 1 is 1.40 bits per heavy atom. The van der Waals surface area contributed by atoms with Gasteiger partial charge >= 0.3 is 0 Å². The molecule has 1 heterocycles. The molecule has 0 aliphatic rings. The van der Waals surface area contributed by atoms with Crippen LogP contribution in [0.3, 0.4) is 0 Å². The number of para-hydroxylation sites is 2. The fourth-order valence-electron chi connectivity index (χ4n) is 2.00. The van der Waals surface area contributed by atoms with Gasteiger partial charge in [0.15, 0.2) is 0 Å². The topological polar surface area (TPSA) is 72.9 Å². The SMILES string of the molecule is Cc1cc(C)n(-c2ccccc2NC(=O)C(C)CN)n1. The number of nitrogens with two attached hydrogens (primary N) is 1. The van der Waals surface area contributed by atoms with Crippen LogP contribution in [0.4, 0.5) is 5.69 Å². The third kappa shape index (κ3) is 2.88. The monoisotopic (exact) mass is 272 g/mol. The largest absolute Gasteiger partial charge is 0.330 e. The van der Waals surface area contributed by atoms with Gasteiger partial charge in [-0.3, -0.25) is 4.79 Å². The number of aryl methyl sites for hydroxylation is 2. The normalized spacial score (nSPS) is 12.2. The molecule has 0 fully saturated rings. The van der Waals surface area contributed by atoms with E-state index in [-0.39, 0.29) is 11.8 Å². The summed E-state index contributed by atoms with van der Waals surface area (Å²) in [7, 11) is 0. The minimum absolute atomic E-state index is 0.0820. The van der Waals surface area contributed by atoms with Gasteiger partial charge in [0.25, 0.3) is 0 Å². The molecule has 2 aromatic rings. The lowest BCUT2D eigenvalue weighted by molar-refractivity contribution is -0.119. The summed E-state index contributed by atoms with van der Waals surface area (Å²) in [5, 5.41) is 7.37. The fourth-order valence-corrected chi connectivity index (χ4v) is 2.00. The summed E-state index contributed by atoms with van der Waals surface area (Å²) in [5.74, 6) is -0.301. The molecule has 1 unspecified atom stereocenters. The molecule has 0 bridgehead atoms. The molecule has 0 saturated heterocycles. The van der Waals surface area contributed by atoms with Gasteiger partial charge in [-0.1, -0.05) is 19.1 Å². The summed E-state index contributed by atoms with van der Waals surface area (Å²) in [5.41, 5.74) is 9.09. The summed E-state index contributed by atoms with van der Waals surface area (Å²) in [6.45, 7) is 6.07. The van der Waals surface area contributed by atoms with Crippen molar-refractivity contribution in [2.24, 2.45) is 11.7 Å². The summed E-state index contributed by atoms with van der Waals surface area (Å²) in [6, 6.07) is 9.61. The molecule has 5 nitrogen and oxygen atoms in total. The first-order valence-electron chi connectivity index (χ1n) is 6.66. The van der Waals surface area contributed by atoms with Crippen molar-refractivity contribution in [3.8, 4) is 5.69 Å². The van der Waals surface area contributed by atoms with E-state index < -0.39 is 0 Å². The summed E-state index contributed by atoms with van der Waals surface area (Å²) in [4.78, 5) is 12.0. The lowest BCUT2D eigenvalue weighted by atomic mass is 10.1. The highest BCUT2D eigenvalue weighted by Crippen LogP contribution is 2.22. The number of rotatable bonds is 4. The molecule has 1 amide bonds. The third-order valence-corrected chi connectivity index (χ3v) is 3.20. The zero-order valence-corrected chi connectivity index (χ0v) is 12.1. The van der Waals surface area contributed by atoms with E-state index in [0.717, 1.165) is 22.8 Å². The van der Waals surface area contributed by atoms with Gasteiger partial charge in [-0.25, -0.2) is 4.68 Å². The predicted octanol–water partition coefficient (Wildman–Crippen LogP) is 2.02. The molecule has 0 aliphatic carbocycles. The Labute approximate surface area is 118 Å². The van der Waals surface area contributed by atoms with Crippen molar-refractivity contribution in [2.45, 2.75) is 20.8 Å². The molecular weight excluding hydrogens is 252 g/mol. The first-order valence-corrected chi connectivity index (χ1v) is 6.66. The molecule has 1 aromatic carbocycles. The highest BCUT2D eigenvalue weighted by Gasteiger charge is 2.14. The Morgan fingerprint density at radius 2 is 2.10 bits per heavy atom. The molecule has 2 rings (SSSR count). The summed E-state index contributed by atoms with van der Waals surface area (Å²) >= 11 is 0. The Morgan fingerprint density at radius 3 is 2.70 bits per heavy atom. The van der Waals surface area contributed by atoms with Crippen molar-refractivity contribution in [1.82, 2.24) is 9.78 Å². The molecule has 106 valence electrons. The van der Waals surface area contributed by atoms with Crippen LogP contribution in [0.1, 0.15) is 18.3 Å². The average molecular weight is 272 g/mol. The summed E-state index contributed by atoms with van der Waals surface area (Å²) < 4.78 is 1.83. The van der Waals surface area contributed by atoms with Crippen molar-refractivity contribution in [3.63, 3.8) is 0 Å². The molecule has 5 heteroatoms. The van der Waals surface area contributed by atoms with Gasteiger partial charge < -0.3 is 11.1 Å². The van der Waals surface area contributed by atoms with Crippen LogP contribution in [-0.2, 0) is 4.79 Å². The Bertz CT molecular complexity index is 618. The van der Waals surface area contributed by atoms with Crippen LogP contribution in [0.2, 0.25) is 0 Å². The molecule has 0 spiro atoms. The number of aromatic nitrogens is 2. The Kier molecular flexibility index (Phi) is 4.20. The van der Waals surface area contributed by atoms with Crippen LogP contribution in [0.5, 0.6) is 0 Å². The van der Waals surface area contributed by atoms with E-state index in [1.54, 1.807) is 6.92 Å². The minimum Gasteiger partial charge on any atom is -0.330 e. The number of anilines is 1. The standard InChI is InChI=1S/C15H20N4O/c1-10(9-16)15(20)17-13-6-4-5-7-14(13)19-12(3)8-11(2)18-19/h4-8,10H,9,16H2,1-3H3,(H,17,20). The van der Waals surface area contributed by atoms with E-state index >= 15 is 0 Å². The lowest BCUT2D eigenvalue weighted by Gasteiger charge is -2.14. The van der Waals surface area contributed by atoms with Crippen molar-refractivity contribution in [1.29, 1.82) is 0 Å². The quantitative estimate of drug-likeness (QED) is 0.894. The van der Waals surface area contributed by atoms with Crippen molar-refractivity contribution in [3.05, 3.63) is 41.7 Å². The molecule has 0 aliphatic heterocycles. The maximum Gasteiger partial charge on any atom is 0.228 e.